The van der Waals surface area contributed by atoms with Crippen molar-refractivity contribution in [2.45, 2.75) is 33.1 Å². The van der Waals surface area contributed by atoms with Crippen LogP contribution in [0.2, 0.25) is 0 Å². The van der Waals surface area contributed by atoms with Crippen LogP contribution in [-0.2, 0) is 0 Å². The van der Waals surface area contributed by atoms with Crippen molar-refractivity contribution in [3.8, 4) is 35.2 Å². The summed E-state index contributed by atoms with van der Waals surface area (Å²) in [7, 11) is 0. The van der Waals surface area contributed by atoms with E-state index in [2.05, 4.69) is 30.6 Å². The predicted molar refractivity (Wildman–Crippen MR) is 103 cm³/mol. The normalized spacial score (nSPS) is 9.36. The molecule has 0 aliphatic rings. The second-order valence-electron chi connectivity index (χ2n) is 5.54. The van der Waals surface area contributed by atoms with Gasteiger partial charge in [-0.15, -0.1) is 0 Å². The third kappa shape index (κ3) is 7.06. The smallest absolute Gasteiger partial charge is 0.119 e. The van der Waals surface area contributed by atoms with E-state index in [1.54, 1.807) is 0 Å². The summed E-state index contributed by atoms with van der Waals surface area (Å²) in [5.41, 5.74) is 1.86. The highest BCUT2D eigenvalue weighted by Gasteiger charge is 1.94. The van der Waals surface area contributed by atoms with E-state index in [1.165, 1.54) is 12.8 Å². The first-order valence-corrected chi connectivity index (χ1v) is 8.79. The fraction of sp³-hybridized carbons (Fsp3) is 0.304. The van der Waals surface area contributed by atoms with Gasteiger partial charge < -0.3 is 9.47 Å². The Morgan fingerprint density at radius 3 is 1.68 bits per heavy atom. The Labute approximate surface area is 151 Å². The van der Waals surface area contributed by atoms with Gasteiger partial charge in [0.25, 0.3) is 0 Å². The molecule has 2 rings (SSSR count). The van der Waals surface area contributed by atoms with Gasteiger partial charge in [-0.2, -0.15) is 0 Å². The van der Waals surface area contributed by atoms with Gasteiger partial charge in [0.05, 0.1) is 13.2 Å². The average molecular weight is 332 g/mol. The zero-order valence-electron chi connectivity index (χ0n) is 15.0. The highest BCUT2D eigenvalue weighted by Crippen LogP contribution is 2.12. The van der Waals surface area contributed by atoms with E-state index in [0.717, 1.165) is 35.7 Å². The van der Waals surface area contributed by atoms with E-state index < -0.39 is 0 Å². The van der Waals surface area contributed by atoms with E-state index in [-0.39, 0.29) is 0 Å². The molecule has 2 aromatic rings. The highest BCUT2D eigenvalue weighted by molar-refractivity contribution is 5.46. The van der Waals surface area contributed by atoms with Crippen LogP contribution in [0, 0.1) is 23.7 Å². The minimum atomic E-state index is 0.666. The van der Waals surface area contributed by atoms with Crippen molar-refractivity contribution in [2.75, 3.05) is 13.2 Å². The van der Waals surface area contributed by atoms with Crippen molar-refractivity contribution in [2.24, 2.45) is 0 Å². The standard InChI is InChI=1S/C23H24O2/c1-3-5-8-19-25-23-17-13-21(14-18-23)10-7-6-9-20-11-15-22(16-12-20)24-4-2/h11-18H,3-5,8,19H2,1-2H3. The van der Waals surface area contributed by atoms with E-state index in [4.69, 9.17) is 9.47 Å². The molecule has 128 valence electrons. The molecule has 0 fully saturated rings. The van der Waals surface area contributed by atoms with E-state index in [9.17, 15) is 0 Å². The maximum Gasteiger partial charge on any atom is 0.119 e. The van der Waals surface area contributed by atoms with Gasteiger partial charge in [0.15, 0.2) is 0 Å². The summed E-state index contributed by atoms with van der Waals surface area (Å²) in [6.07, 6.45) is 3.51. The zero-order valence-corrected chi connectivity index (χ0v) is 15.0. The van der Waals surface area contributed by atoms with Crippen LogP contribution in [-0.4, -0.2) is 13.2 Å². The molecule has 0 bridgehead atoms. The molecule has 0 N–H and O–H groups in total. The lowest BCUT2D eigenvalue weighted by atomic mass is 10.2. The van der Waals surface area contributed by atoms with Gasteiger partial charge in [0.2, 0.25) is 0 Å². The Morgan fingerprint density at radius 1 is 0.680 bits per heavy atom. The van der Waals surface area contributed by atoms with Gasteiger partial charge in [-0.3, -0.25) is 0 Å². The number of ether oxygens (including phenoxy) is 2. The molecule has 0 radical (unpaired) electrons. The molecule has 0 unspecified atom stereocenters. The molecule has 2 nitrogen and oxygen atoms in total. The Balaban J connectivity index is 1.87. The molecule has 0 atom stereocenters. The number of unbranched alkanes of at least 4 members (excludes halogenated alkanes) is 2. The molecular weight excluding hydrogens is 308 g/mol. The lowest BCUT2D eigenvalue weighted by Crippen LogP contribution is -1.96. The summed E-state index contributed by atoms with van der Waals surface area (Å²) in [4.78, 5) is 0. The third-order valence-electron chi connectivity index (χ3n) is 3.51. The number of hydrogen-bond donors (Lipinski definition) is 0. The maximum atomic E-state index is 5.69. The molecular formula is C23H24O2. The monoisotopic (exact) mass is 332 g/mol. The van der Waals surface area contributed by atoms with Crippen LogP contribution in [0.15, 0.2) is 48.5 Å². The van der Waals surface area contributed by atoms with E-state index in [0.29, 0.717) is 6.61 Å². The van der Waals surface area contributed by atoms with Crippen LogP contribution in [0.5, 0.6) is 11.5 Å². The van der Waals surface area contributed by atoms with E-state index in [1.807, 2.05) is 55.5 Å². The number of hydrogen-bond acceptors (Lipinski definition) is 2. The van der Waals surface area contributed by atoms with Gasteiger partial charge in [-0.05, 0) is 73.7 Å². The van der Waals surface area contributed by atoms with Crippen LogP contribution in [0.4, 0.5) is 0 Å². The van der Waals surface area contributed by atoms with Gasteiger partial charge in [0, 0.05) is 11.1 Å². The summed E-state index contributed by atoms with van der Waals surface area (Å²) in [6, 6.07) is 15.5. The third-order valence-corrected chi connectivity index (χ3v) is 3.51. The summed E-state index contributed by atoms with van der Waals surface area (Å²) in [5.74, 6) is 13.6. The van der Waals surface area contributed by atoms with Crippen LogP contribution >= 0.6 is 0 Å². The molecule has 0 amide bonds. The second kappa shape index (κ2) is 10.8. The molecule has 0 saturated heterocycles. The predicted octanol–water partition coefficient (Wildman–Crippen LogP) is 5.06. The highest BCUT2D eigenvalue weighted by atomic mass is 16.5. The molecule has 2 heteroatoms. The number of benzene rings is 2. The van der Waals surface area contributed by atoms with Gasteiger partial charge >= 0.3 is 0 Å². The fourth-order valence-corrected chi connectivity index (χ4v) is 2.18. The Kier molecular flexibility index (Phi) is 8.02. The van der Waals surface area contributed by atoms with Crippen LogP contribution < -0.4 is 9.47 Å². The van der Waals surface area contributed by atoms with Crippen molar-refractivity contribution >= 4 is 0 Å². The lowest BCUT2D eigenvalue weighted by Gasteiger charge is -2.05. The first-order valence-electron chi connectivity index (χ1n) is 8.79. The van der Waals surface area contributed by atoms with Gasteiger partial charge in [-0.1, -0.05) is 31.6 Å². The van der Waals surface area contributed by atoms with Crippen LogP contribution in [0.1, 0.15) is 44.2 Å². The topological polar surface area (TPSA) is 18.5 Å². The Morgan fingerprint density at radius 2 is 1.20 bits per heavy atom. The van der Waals surface area contributed by atoms with Crippen LogP contribution in [0.3, 0.4) is 0 Å². The summed E-state index contributed by atoms with van der Waals surface area (Å²) < 4.78 is 11.1. The first-order chi connectivity index (χ1) is 12.3. The SMILES string of the molecule is CCCCCOc1ccc(C#CC#Cc2ccc(OCC)cc2)cc1. The van der Waals surface area contributed by atoms with Gasteiger partial charge in [0.1, 0.15) is 11.5 Å². The molecule has 0 aliphatic carbocycles. The minimum Gasteiger partial charge on any atom is -0.494 e. The van der Waals surface area contributed by atoms with E-state index >= 15 is 0 Å². The van der Waals surface area contributed by atoms with Crippen molar-refractivity contribution < 1.29 is 9.47 Å². The maximum absolute atomic E-state index is 5.69. The summed E-state index contributed by atoms with van der Waals surface area (Å²) in [6.45, 7) is 5.59. The van der Waals surface area contributed by atoms with Crippen molar-refractivity contribution in [1.82, 2.24) is 0 Å². The zero-order chi connectivity index (χ0) is 17.7. The van der Waals surface area contributed by atoms with Crippen molar-refractivity contribution in [3.63, 3.8) is 0 Å². The largest absolute Gasteiger partial charge is 0.494 e. The van der Waals surface area contributed by atoms with Crippen molar-refractivity contribution in [3.05, 3.63) is 59.7 Å². The Hall–Kier alpha value is -2.84. The molecule has 0 aromatic heterocycles. The quantitative estimate of drug-likeness (QED) is 0.521. The first kappa shape index (κ1) is 18.5. The molecule has 25 heavy (non-hydrogen) atoms. The Bertz CT molecular complexity index is 750. The van der Waals surface area contributed by atoms with Gasteiger partial charge in [-0.25, -0.2) is 0 Å². The average Bonchev–Trinajstić information content (AvgIpc) is 2.65. The molecule has 0 heterocycles. The lowest BCUT2D eigenvalue weighted by molar-refractivity contribution is 0.306. The fourth-order valence-electron chi connectivity index (χ4n) is 2.18. The summed E-state index contributed by atoms with van der Waals surface area (Å²) in [5, 5.41) is 0. The van der Waals surface area contributed by atoms with Crippen molar-refractivity contribution in [1.29, 1.82) is 0 Å². The molecule has 0 spiro atoms. The second-order valence-corrected chi connectivity index (χ2v) is 5.54. The minimum absolute atomic E-state index is 0.666. The molecule has 2 aromatic carbocycles. The number of rotatable bonds is 7. The molecule has 0 aliphatic heterocycles. The molecule has 0 saturated carbocycles. The van der Waals surface area contributed by atoms with Crippen LogP contribution in [0.25, 0.3) is 0 Å². The summed E-state index contributed by atoms with van der Waals surface area (Å²) >= 11 is 0.